The Morgan fingerprint density at radius 1 is 1.03 bits per heavy atom. The summed E-state index contributed by atoms with van der Waals surface area (Å²) in [7, 11) is 0. The fourth-order valence-electron chi connectivity index (χ4n) is 4.96. The number of nitrogens with zero attached hydrogens (tertiary/aromatic N) is 1. The van der Waals surface area contributed by atoms with Crippen molar-refractivity contribution in [3.8, 4) is 0 Å². The molecule has 2 heterocycles. The molecular weight excluding hydrogens is 510 g/mol. The second-order valence-corrected chi connectivity index (χ2v) is 11.1. The molecule has 1 aromatic heterocycles. The average molecular weight is 544 g/mol. The summed E-state index contributed by atoms with van der Waals surface area (Å²) in [6.07, 6.45) is 8.21. The van der Waals surface area contributed by atoms with Gasteiger partial charge in [0.15, 0.2) is 0 Å². The summed E-state index contributed by atoms with van der Waals surface area (Å²) in [5, 5.41) is 25.1. The molecule has 0 spiro atoms. The number of carboxylic acid groups (broad SMARTS) is 2. The number of benzene rings is 2. The highest BCUT2D eigenvalue weighted by Crippen LogP contribution is 2.37. The summed E-state index contributed by atoms with van der Waals surface area (Å²) in [4.78, 5) is 24.2. The van der Waals surface area contributed by atoms with Gasteiger partial charge in [0.2, 0.25) is 0 Å². The molecule has 1 aliphatic carbocycles. The number of aromatic nitrogens is 1. The molecule has 0 saturated heterocycles. The van der Waals surface area contributed by atoms with E-state index in [-0.39, 0.29) is 12.8 Å². The van der Waals surface area contributed by atoms with Crippen molar-refractivity contribution in [3.05, 3.63) is 57.1 Å². The first-order valence-electron chi connectivity index (χ1n) is 13.0. The van der Waals surface area contributed by atoms with Gasteiger partial charge >= 0.3 is 11.9 Å². The van der Waals surface area contributed by atoms with Gasteiger partial charge in [0.25, 0.3) is 0 Å². The van der Waals surface area contributed by atoms with Gasteiger partial charge in [-0.25, -0.2) is 4.98 Å². The van der Waals surface area contributed by atoms with E-state index in [0.29, 0.717) is 5.92 Å². The molecule has 37 heavy (non-hydrogen) atoms. The van der Waals surface area contributed by atoms with Crippen LogP contribution in [0.5, 0.6) is 0 Å². The van der Waals surface area contributed by atoms with E-state index in [4.69, 9.17) is 26.8 Å². The molecule has 1 saturated carbocycles. The molecule has 2 aliphatic rings. The second kappa shape index (κ2) is 13.2. The fraction of sp³-hybridized carbons (Fsp3) is 0.464. The van der Waals surface area contributed by atoms with Crippen LogP contribution in [0.2, 0.25) is 5.02 Å². The van der Waals surface area contributed by atoms with Gasteiger partial charge in [-0.05, 0) is 73.7 Å². The highest BCUT2D eigenvalue weighted by atomic mass is 35.5. The molecule has 0 bridgehead atoms. The van der Waals surface area contributed by atoms with Crippen LogP contribution in [0.4, 0.5) is 5.69 Å². The van der Waals surface area contributed by atoms with Gasteiger partial charge in [-0.15, -0.1) is 11.3 Å². The van der Waals surface area contributed by atoms with Crippen LogP contribution in [0, 0.1) is 0 Å². The molecular formula is C28H34ClN3O4S. The minimum Gasteiger partial charge on any atom is -0.481 e. The third kappa shape index (κ3) is 7.66. The Morgan fingerprint density at radius 3 is 2.49 bits per heavy atom. The monoisotopic (exact) mass is 543 g/mol. The van der Waals surface area contributed by atoms with Crippen molar-refractivity contribution in [2.24, 2.45) is 0 Å². The largest absolute Gasteiger partial charge is 0.481 e. The van der Waals surface area contributed by atoms with Crippen molar-refractivity contribution in [1.82, 2.24) is 10.3 Å². The number of thiazole rings is 1. The van der Waals surface area contributed by atoms with Crippen molar-refractivity contribution in [2.45, 2.75) is 70.3 Å². The minimum atomic E-state index is -1.08. The van der Waals surface area contributed by atoms with Crippen molar-refractivity contribution in [2.75, 3.05) is 18.4 Å². The summed E-state index contributed by atoms with van der Waals surface area (Å²) in [5.41, 5.74) is 6.34. The Hall–Kier alpha value is -2.68. The number of carbonyl (C=O) groups is 2. The molecule has 2 aromatic carbocycles. The van der Waals surface area contributed by atoms with Gasteiger partial charge < -0.3 is 20.8 Å². The Morgan fingerprint density at radius 2 is 1.76 bits per heavy atom. The standard InChI is InChI=1S/C24H28ClN3S.C4H6O4/c25-20-8-7-17-10-12-26-13-11-19(17)23(20)27-15-16-6-9-21-22(14-16)29-24(28-21)18-4-2-1-3-5-18;5-3(6)1-2-4(7)8/h6-9,14,18,26-27H,1-5,10-13,15H2;1-2H2,(H,5,6)(H,7,8). The van der Waals surface area contributed by atoms with Crippen molar-refractivity contribution < 1.29 is 19.8 Å². The minimum absolute atomic E-state index is 0.296. The number of fused-ring (bicyclic) bond motifs is 2. The molecule has 0 atom stereocenters. The van der Waals surface area contributed by atoms with Crippen LogP contribution in [-0.2, 0) is 29.0 Å². The van der Waals surface area contributed by atoms with Gasteiger partial charge in [0.1, 0.15) is 0 Å². The van der Waals surface area contributed by atoms with Crippen LogP contribution in [0.15, 0.2) is 30.3 Å². The maximum absolute atomic E-state index is 9.64. The van der Waals surface area contributed by atoms with Gasteiger partial charge in [-0.3, -0.25) is 9.59 Å². The number of hydrogen-bond donors (Lipinski definition) is 4. The smallest absolute Gasteiger partial charge is 0.303 e. The number of aliphatic carboxylic acids is 2. The lowest BCUT2D eigenvalue weighted by Gasteiger charge is -2.18. The number of hydrogen-bond acceptors (Lipinski definition) is 6. The molecule has 3 aromatic rings. The van der Waals surface area contributed by atoms with Crippen LogP contribution >= 0.6 is 22.9 Å². The molecule has 5 rings (SSSR count). The van der Waals surface area contributed by atoms with Crippen LogP contribution < -0.4 is 10.6 Å². The van der Waals surface area contributed by atoms with Crippen molar-refractivity contribution >= 4 is 50.8 Å². The third-order valence-electron chi connectivity index (χ3n) is 6.93. The predicted octanol–water partition coefficient (Wildman–Crippen LogP) is 6.23. The highest BCUT2D eigenvalue weighted by molar-refractivity contribution is 7.18. The molecule has 1 fully saturated rings. The van der Waals surface area contributed by atoms with E-state index in [2.05, 4.69) is 34.9 Å². The Kier molecular flexibility index (Phi) is 9.77. The first kappa shape index (κ1) is 27.4. The molecule has 0 amide bonds. The number of anilines is 1. The van der Waals surface area contributed by atoms with Crippen molar-refractivity contribution in [3.63, 3.8) is 0 Å². The number of nitrogens with one attached hydrogen (secondary N) is 2. The molecule has 1 aliphatic heterocycles. The van der Waals surface area contributed by atoms with Gasteiger partial charge in [-0.2, -0.15) is 0 Å². The van der Waals surface area contributed by atoms with E-state index in [1.165, 1.54) is 58.5 Å². The van der Waals surface area contributed by atoms with Crippen LogP contribution in [0.25, 0.3) is 10.2 Å². The number of halogens is 1. The van der Waals surface area contributed by atoms with E-state index in [1.807, 2.05) is 17.4 Å². The van der Waals surface area contributed by atoms with Gasteiger partial charge in [-0.1, -0.05) is 43.0 Å². The van der Waals surface area contributed by atoms with E-state index in [1.54, 1.807) is 0 Å². The Labute approximate surface area is 226 Å². The molecule has 0 unspecified atom stereocenters. The first-order chi connectivity index (χ1) is 17.9. The highest BCUT2D eigenvalue weighted by Gasteiger charge is 2.19. The molecule has 4 N–H and O–H groups in total. The summed E-state index contributed by atoms with van der Waals surface area (Å²) in [6.45, 7) is 2.84. The molecule has 198 valence electrons. The van der Waals surface area contributed by atoms with Crippen LogP contribution in [0.3, 0.4) is 0 Å². The lowest BCUT2D eigenvalue weighted by atomic mass is 9.90. The SMILES string of the molecule is Clc1ccc2c(c1NCc1ccc3nc(C4CCCCC4)sc3c1)CCNCC2.O=C(O)CCC(=O)O. The fourth-order valence-corrected chi connectivity index (χ4v) is 6.40. The van der Waals surface area contributed by atoms with E-state index >= 15 is 0 Å². The number of rotatable bonds is 7. The zero-order chi connectivity index (χ0) is 26.2. The van der Waals surface area contributed by atoms with E-state index in [0.717, 1.165) is 48.7 Å². The summed E-state index contributed by atoms with van der Waals surface area (Å²) in [6, 6.07) is 10.9. The first-order valence-corrected chi connectivity index (χ1v) is 14.2. The number of carboxylic acids is 2. The quantitative estimate of drug-likeness (QED) is 0.279. The van der Waals surface area contributed by atoms with Crippen LogP contribution in [0.1, 0.15) is 72.6 Å². The maximum Gasteiger partial charge on any atom is 0.303 e. The lowest BCUT2D eigenvalue weighted by molar-refractivity contribution is -0.143. The summed E-state index contributed by atoms with van der Waals surface area (Å²) in [5.74, 6) is -1.48. The van der Waals surface area contributed by atoms with Gasteiger partial charge in [0.05, 0.1) is 38.8 Å². The lowest BCUT2D eigenvalue weighted by Crippen LogP contribution is -2.16. The van der Waals surface area contributed by atoms with Gasteiger partial charge in [0, 0.05) is 12.5 Å². The Bertz CT molecular complexity index is 1230. The zero-order valence-corrected chi connectivity index (χ0v) is 22.5. The molecule has 7 nitrogen and oxygen atoms in total. The van der Waals surface area contributed by atoms with Crippen LogP contribution in [-0.4, -0.2) is 40.2 Å². The normalized spacial score (nSPS) is 15.8. The van der Waals surface area contributed by atoms with E-state index < -0.39 is 11.9 Å². The summed E-state index contributed by atoms with van der Waals surface area (Å²) < 4.78 is 1.31. The predicted molar refractivity (Wildman–Crippen MR) is 149 cm³/mol. The Balaban J connectivity index is 0.000000349. The van der Waals surface area contributed by atoms with E-state index in [9.17, 15) is 9.59 Å². The summed E-state index contributed by atoms with van der Waals surface area (Å²) >= 11 is 8.47. The topological polar surface area (TPSA) is 112 Å². The maximum atomic E-state index is 9.64. The van der Waals surface area contributed by atoms with Crippen molar-refractivity contribution in [1.29, 1.82) is 0 Å². The average Bonchev–Trinajstić information content (AvgIpc) is 3.17. The molecule has 0 radical (unpaired) electrons. The second-order valence-electron chi connectivity index (χ2n) is 9.64. The molecule has 9 heteroatoms. The third-order valence-corrected chi connectivity index (χ3v) is 8.42. The zero-order valence-electron chi connectivity index (χ0n) is 20.9.